The number of hydrogen-bond donors (Lipinski definition) is 2. The lowest BCUT2D eigenvalue weighted by atomic mass is 9.84. The standard InChI is InChI=1S/C27H28N2O/c30-27(22-11-5-2-6-12-22)16-19-29(20-17-27)18-15-24-23-13-7-8-14-25(23)28-26(24)21-9-3-1-4-10-21/h1-14,28,30H,15-20H2. The maximum atomic E-state index is 11.1. The molecule has 5 rings (SSSR count). The third kappa shape index (κ3) is 3.67. The third-order valence-electron chi connectivity index (χ3n) is 6.55. The van der Waals surface area contributed by atoms with E-state index in [-0.39, 0.29) is 0 Å². The molecular formula is C27H28N2O. The molecule has 2 N–H and O–H groups in total. The Balaban J connectivity index is 1.33. The van der Waals surface area contributed by atoms with E-state index in [1.165, 1.54) is 27.7 Å². The highest BCUT2D eigenvalue weighted by molar-refractivity contribution is 5.90. The van der Waals surface area contributed by atoms with E-state index in [9.17, 15) is 5.11 Å². The second-order valence-corrected chi connectivity index (χ2v) is 8.38. The molecule has 1 aromatic heterocycles. The Morgan fingerprint density at radius 2 is 1.43 bits per heavy atom. The Hall–Kier alpha value is -2.88. The monoisotopic (exact) mass is 396 g/mol. The van der Waals surface area contributed by atoms with Gasteiger partial charge in [-0.3, -0.25) is 0 Å². The summed E-state index contributed by atoms with van der Waals surface area (Å²) in [5.41, 5.74) is 5.42. The number of para-hydroxylation sites is 1. The zero-order valence-corrected chi connectivity index (χ0v) is 17.2. The van der Waals surface area contributed by atoms with Gasteiger partial charge in [-0.1, -0.05) is 78.9 Å². The van der Waals surface area contributed by atoms with E-state index < -0.39 is 5.60 Å². The second-order valence-electron chi connectivity index (χ2n) is 8.38. The van der Waals surface area contributed by atoms with E-state index in [0.29, 0.717) is 0 Å². The molecule has 0 radical (unpaired) electrons. The number of piperidine rings is 1. The Bertz CT molecular complexity index is 1110. The van der Waals surface area contributed by atoms with Gasteiger partial charge in [0, 0.05) is 36.2 Å². The lowest BCUT2D eigenvalue weighted by molar-refractivity contribution is -0.0255. The summed E-state index contributed by atoms with van der Waals surface area (Å²) in [7, 11) is 0. The van der Waals surface area contributed by atoms with Crippen molar-refractivity contribution < 1.29 is 5.11 Å². The Morgan fingerprint density at radius 1 is 0.800 bits per heavy atom. The van der Waals surface area contributed by atoms with Crippen molar-refractivity contribution in [3.63, 3.8) is 0 Å². The van der Waals surface area contributed by atoms with Gasteiger partial charge in [0.2, 0.25) is 0 Å². The van der Waals surface area contributed by atoms with Crippen molar-refractivity contribution in [2.75, 3.05) is 19.6 Å². The molecule has 3 nitrogen and oxygen atoms in total. The minimum atomic E-state index is -0.687. The van der Waals surface area contributed by atoms with Crippen LogP contribution >= 0.6 is 0 Å². The van der Waals surface area contributed by atoms with Crippen LogP contribution in [0.2, 0.25) is 0 Å². The van der Waals surface area contributed by atoms with Gasteiger partial charge in [0.05, 0.1) is 5.60 Å². The highest BCUT2D eigenvalue weighted by Gasteiger charge is 2.33. The smallest absolute Gasteiger partial charge is 0.0920 e. The molecule has 1 aliphatic rings. The zero-order chi connectivity index (χ0) is 20.4. The summed E-state index contributed by atoms with van der Waals surface area (Å²) in [6, 6.07) is 29.3. The summed E-state index contributed by atoms with van der Waals surface area (Å²) in [6.07, 6.45) is 2.57. The molecule has 0 unspecified atom stereocenters. The molecule has 4 aromatic rings. The van der Waals surface area contributed by atoms with Gasteiger partial charge in [-0.2, -0.15) is 0 Å². The van der Waals surface area contributed by atoms with Gasteiger partial charge >= 0.3 is 0 Å². The molecule has 1 fully saturated rings. The van der Waals surface area contributed by atoms with Crippen molar-refractivity contribution in [1.82, 2.24) is 9.88 Å². The molecule has 0 spiro atoms. The van der Waals surface area contributed by atoms with E-state index >= 15 is 0 Å². The lowest BCUT2D eigenvalue weighted by Gasteiger charge is -2.38. The van der Waals surface area contributed by atoms with E-state index in [4.69, 9.17) is 0 Å². The summed E-state index contributed by atoms with van der Waals surface area (Å²) in [6.45, 7) is 2.86. The Morgan fingerprint density at radius 3 is 2.17 bits per heavy atom. The largest absolute Gasteiger partial charge is 0.385 e. The maximum Gasteiger partial charge on any atom is 0.0920 e. The van der Waals surface area contributed by atoms with Crippen LogP contribution in [0.3, 0.4) is 0 Å². The maximum absolute atomic E-state index is 11.1. The third-order valence-corrected chi connectivity index (χ3v) is 6.55. The molecule has 0 saturated carbocycles. The minimum absolute atomic E-state index is 0.687. The number of rotatable bonds is 5. The Kier molecular flexibility index (Phi) is 5.16. The van der Waals surface area contributed by atoms with Crippen LogP contribution in [-0.4, -0.2) is 34.6 Å². The summed E-state index contributed by atoms with van der Waals surface area (Å²) < 4.78 is 0. The molecule has 152 valence electrons. The predicted octanol–water partition coefficient (Wildman–Crippen LogP) is 5.36. The van der Waals surface area contributed by atoms with Gasteiger partial charge in [-0.05, 0) is 42.0 Å². The molecular weight excluding hydrogens is 368 g/mol. The van der Waals surface area contributed by atoms with Crippen molar-refractivity contribution >= 4 is 10.9 Å². The van der Waals surface area contributed by atoms with E-state index in [0.717, 1.165) is 44.5 Å². The SMILES string of the molecule is OC1(c2ccccc2)CCN(CCc2c(-c3ccccc3)[nH]c3ccccc23)CC1. The van der Waals surface area contributed by atoms with E-state index in [1.807, 2.05) is 30.3 Å². The van der Waals surface area contributed by atoms with E-state index in [1.54, 1.807) is 0 Å². The highest BCUT2D eigenvalue weighted by atomic mass is 16.3. The zero-order valence-electron chi connectivity index (χ0n) is 17.2. The first kappa shape index (κ1) is 19.1. The number of likely N-dealkylation sites (tertiary alicyclic amines) is 1. The quantitative estimate of drug-likeness (QED) is 0.477. The van der Waals surface area contributed by atoms with Gasteiger partial charge in [-0.25, -0.2) is 0 Å². The van der Waals surface area contributed by atoms with Gasteiger partial charge in [0.25, 0.3) is 0 Å². The topological polar surface area (TPSA) is 39.3 Å². The number of H-pyrrole nitrogens is 1. The first-order valence-corrected chi connectivity index (χ1v) is 10.9. The molecule has 0 amide bonds. The number of aromatic nitrogens is 1. The number of fused-ring (bicyclic) bond motifs is 1. The molecule has 3 aromatic carbocycles. The van der Waals surface area contributed by atoms with Crippen LogP contribution in [0, 0.1) is 0 Å². The van der Waals surface area contributed by atoms with Crippen molar-refractivity contribution in [2.24, 2.45) is 0 Å². The number of aliphatic hydroxyl groups is 1. The van der Waals surface area contributed by atoms with Crippen LogP contribution in [0.4, 0.5) is 0 Å². The number of hydrogen-bond acceptors (Lipinski definition) is 2. The van der Waals surface area contributed by atoms with Crippen LogP contribution in [0.5, 0.6) is 0 Å². The lowest BCUT2D eigenvalue weighted by Crippen LogP contribution is -2.43. The summed E-state index contributed by atoms with van der Waals surface area (Å²) >= 11 is 0. The van der Waals surface area contributed by atoms with Gasteiger partial charge in [0.1, 0.15) is 0 Å². The fraction of sp³-hybridized carbons (Fsp3) is 0.259. The average molecular weight is 397 g/mol. The second kappa shape index (κ2) is 8.10. The number of aromatic amines is 1. The molecule has 1 saturated heterocycles. The molecule has 0 bridgehead atoms. The minimum Gasteiger partial charge on any atom is -0.385 e. The molecule has 0 atom stereocenters. The fourth-order valence-electron chi connectivity index (χ4n) is 4.76. The molecule has 2 heterocycles. The van der Waals surface area contributed by atoms with Crippen LogP contribution in [0.15, 0.2) is 84.9 Å². The van der Waals surface area contributed by atoms with Crippen LogP contribution in [0.1, 0.15) is 24.0 Å². The van der Waals surface area contributed by atoms with Crippen LogP contribution in [-0.2, 0) is 12.0 Å². The van der Waals surface area contributed by atoms with Crippen molar-refractivity contribution in [3.05, 3.63) is 96.1 Å². The normalized spacial score (nSPS) is 16.7. The first-order valence-electron chi connectivity index (χ1n) is 10.9. The molecule has 1 aliphatic heterocycles. The molecule has 3 heteroatoms. The summed E-state index contributed by atoms with van der Waals surface area (Å²) in [5, 5.41) is 12.4. The fourth-order valence-corrected chi connectivity index (χ4v) is 4.76. The average Bonchev–Trinajstić information content (AvgIpc) is 3.19. The Labute approximate surface area is 178 Å². The van der Waals surface area contributed by atoms with Crippen molar-refractivity contribution in [2.45, 2.75) is 24.9 Å². The van der Waals surface area contributed by atoms with Gasteiger partial charge in [-0.15, -0.1) is 0 Å². The predicted molar refractivity (Wildman–Crippen MR) is 123 cm³/mol. The van der Waals surface area contributed by atoms with Crippen molar-refractivity contribution in [3.8, 4) is 11.3 Å². The molecule has 30 heavy (non-hydrogen) atoms. The van der Waals surface area contributed by atoms with E-state index in [2.05, 4.69) is 64.5 Å². The highest BCUT2D eigenvalue weighted by Crippen LogP contribution is 2.34. The summed E-state index contributed by atoms with van der Waals surface area (Å²) in [4.78, 5) is 6.14. The number of nitrogens with one attached hydrogen (secondary N) is 1. The van der Waals surface area contributed by atoms with Crippen molar-refractivity contribution in [1.29, 1.82) is 0 Å². The number of benzene rings is 3. The van der Waals surface area contributed by atoms with Gasteiger partial charge < -0.3 is 15.0 Å². The summed E-state index contributed by atoms with van der Waals surface area (Å²) in [5.74, 6) is 0. The number of nitrogens with zero attached hydrogens (tertiary/aromatic N) is 1. The van der Waals surface area contributed by atoms with Crippen LogP contribution < -0.4 is 0 Å². The van der Waals surface area contributed by atoms with Crippen LogP contribution in [0.25, 0.3) is 22.2 Å². The molecule has 0 aliphatic carbocycles. The first-order chi connectivity index (χ1) is 14.7. The van der Waals surface area contributed by atoms with Gasteiger partial charge in [0.15, 0.2) is 0 Å².